The molecule has 1 aliphatic heterocycles. The van der Waals surface area contributed by atoms with Gasteiger partial charge in [-0.25, -0.2) is 8.42 Å². The molecule has 0 saturated carbocycles. The van der Waals surface area contributed by atoms with Crippen LogP contribution in [0.4, 0.5) is 0 Å². The summed E-state index contributed by atoms with van der Waals surface area (Å²) in [5, 5.41) is 0. The summed E-state index contributed by atoms with van der Waals surface area (Å²) in [6.45, 7) is 4.61. The Morgan fingerprint density at radius 1 is 1.30 bits per heavy atom. The van der Waals surface area contributed by atoms with E-state index in [2.05, 4.69) is 0 Å². The minimum Gasteiger partial charge on any atom is -0.495 e. The molecule has 1 aromatic carbocycles. The Kier molecular flexibility index (Phi) is 5.31. The second kappa shape index (κ2) is 6.88. The van der Waals surface area contributed by atoms with Gasteiger partial charge in [0.05, 0.1) is 7.11 Å². The third-order valence-corrected chi connectivity index (χ3v) is 6.25. The molecule has 2 rings (SSSR count). The molecule has 23 heavy (non-hydrogen) atoms. The number of rotatable bonds is 5. The second-order valence-electron chi connectivity index (χ2n) is 6.15. The van der Waals surface area contributed by atoms with Crippen LogP contribution in [-0.4, -0.2) is 38.8 Å². The van der Waals surface area contributed by atoms with Gasteiger partial charge >= 0.3 is 0 Å². The van der Waals surface area contributed by atoms with E-state index >= 15 is 0 Å². The number of amides is 1. The SMILES string of the molecule is COc1ccc(C(C)C)cc1S(=O)(=O)N1CCC(C(N)=O)CC1. The van der Waals surface area contributed by atoms with E-state index in [4.69, 9.17) is 10.5 Å². The summed E-state index contributed by atoms with van der Waals surface area (Å²) in [5.74, 6) is -0.0475. The van der Waals surface area contributed by atoms with Crippen LogP contribution >= 0.6 is 0 Å². The number of hydrogen-bond acceptors (Lipinski definition) is 4. The van der Waals surface area contributed by atoms with E-state index in [-0.39, 0.29) is 22.6 Å². The van der Waals surface area contributed by atoms with Crippen LogP contribution in [0.5, 0.6) is 5.75 Å². The molecule has 7 heteroatoms. The van der Waals surface area contributed by atoms with Gasteiger partial charge < -0.3 is 10.5 Å². The molecule has 6 nitrogen and oxygen atoms in total. The van der Waals surface area contributed by atoms with Crippen molar-refractivity contribution in [2.45, 2.75) is 37.5 Å². The first-order valence-electron chi connectivity index (χ1n) is 7.74. The molecule has 0 radical (unpaired) electrons. The second-order valence-corrected chi connectivity index (χ2v) is 8.05. The molecule has 1 saturated heterocycles. The van der Waals surface area contributed by atoms with Crippen LogP contribution in [-0.2, 0) is 14.8 Å². The standard InChI is InChI=1S/C16H24N2O4S/c1-11(2)13-4-5-14(22-3)15(10-13)23(20,21)18-8-6-12(7-9-18)16(17)19/h4-5,10-12H,6-9H2,1-3H3,(H2,17,19). The molecule has 0 atom stereocenters. The van der Waals surface area contributed by atoms with Gasteiger partial charge in [-0.1, -0.05) is 19.9 Å². The summed E-state index contributed by atoms with van der Waals surface area (Å²) >= 11 is 0. The van der Waals surface area contributed by atoms with Crippen LogP contribution in [0.25, 0.3) is 0 Å². The van der Waals surface area contributed by atoms with Gasteiger partial charge in [-0.2, -0.15) is 4.31 Å². The highest BCUT2D eigenvalue weighted by atomic mass is 32.2. The first-order chi connectivity index (χ1) is 10.8. The monoisotopic (exact) mass is 340 g/mol. The van der Waals surface area contributed by atoms with Crippen molar-refractivity contribution in [2.75, 3.05) is 20.2 Å². The maximum Gasteiger partial charge on any atom is 0.246 e. The molecule has 0 bridgehead atoms. The zero-order chi connectivity index (χ0) is 17.2. The first-order valence-corrected chi connectivity index (χ1v) is 9.18. The van der Waals surface area contributed by atoms with Crippen LogP contribution in [0.3, 0.4) is 0 Å². The number of ether oxygens (including phenoxy) is 1. The Balaban J connectivity index is 2.32. The largest absolute Gasteiger partial charge is 0.495 e. The quantitative estimate of drug-likeness (QED) is 0.883. The van der Waals surface area contributed by atoms with Gasteiger partial charge in [0.15, 0.2) is 0 Å². The number of primary amides is 1. The van der Waals surface area contributed by atoms with Gasteiger partial charge in [-0.15, -0.1) is 0 Å². The first kappa shape index (κ1) is 17.7. The molecule has 1 aliphatic rings. The van der Waals surface area contributed by atoms with Crippen molar-refractivity contribution in [3.05, 3.63) is 23.8 Å². The molecule has 0 aliphatic carbocycles. The highest BCUT2D eigenvalue weighted by molar-refractivity contribution is 7.89. The number of carbonyl (C=O) groups is 1. The average molecular weight is 340 g/mol. The zero-order valence-electron chi connectivity index (χ0n) is 13.8. The molecule has 0 unspecified atom stereocenters. The number of nitrogens with zero attached hydrogens (tertiary/aromatic N) is 1. The minimum atomic E-state index is -3.65. The van der Waals surface area contributed by atoms with E-state index in [9.17, 15) is 13.2 Å². The van der Waals surface area contributed by atoms with E-state index in [0.717, 1.165) is 5.56 Å². The average Bonchev–Trinajstić information content (AvgIpc) is 2.54. The number of methoxy groups -OCH3 is 1. The maximum absolute atomic E-state index is 12.9. The van der Waals surface area contributed by atoms with Crippen LogP contribution in [0.15, 0.2) is 23.1 Å². The summed E-state index contributed by atoms with van der Waals surface area (Å²) in [6, 6.07) is 5.25. The van der Waals surface area contributed by atoms with Gasteiger partial charge in [-0.05, 0) is 36.5 Å². The Morgan fingerprint density at radius 2 is 1.91 bits per heavy atom. The van der Waals surface area contributed by atoms with E-state index in [1.165, 1.54) is 11.4 Å². The Bertz CT molecular complexity index is 677. The molecule has 1 amide bonds. The van der Waals surface area contributed by atoms with Crippen molar-refractivity contribution in [1.82, 2.24) is 4.31 Å². The lowest BCUT2D eigenvalue weighted by Gasteiger charge is -2.30. The lowest BCUT2D eigenvalue weighted by molar-refractivity contribution is -0.122. The number of benzene rings is 1. The number of carbonyl (C=O) groups excluding carboxylic acids is 1. The summed E-state index contributed by atoms with van der Waals surface area (Å²) < 4.78 is 32.5. The molecule has 128 valence electrons. The highest BCUT2D eigenvalue weighted by Gasteiger charge is 2.33. The van der Waals surface area contributed by atoms with Gasteiger partial charge in [-0.3, -0.25) is 4.79 Å². The van der Waals surface area contributed by atoms with E-state index in [0.29, 0.717) is 31.7 Å². The summed E-state index contributed by atoms with van der Waals surface area (Å²) in [6.07, 6.45) is 0.918. The molecule has 1 aromatic rings. The van der Waals surface area contributed by atoms with Crippen LogP contribution < -0.4 is 10.5 Å². The van der Waals surface area contributed by atoms with Crippen molar-refractivity contribution >= 4 is 15.9 Å². The predicted molar refractivity (Wildman–Crippen MR) is 87.8 cm³/mol. The molecule has 1 fully saturated rings. The van der Waals surface area contributed by atoms with Crippen LogP contribution in [0.1, 0.15) is 38.2 Å². The van der Waals surface area contributed by atoms with Crippen molar-refractivity contribution in [3.8, 4) is 5.75 Å². The third kappa shape index (κ3) is 3.67. The third-order valence-electron chi connectivity index (χ3n) is 4.33. The molecule has 1 heterocycles. The van der Waals surface area contributed by atoms with Gasteiger partial charge in [0.1, 0.15) is 10.6 Å². The summed E-state index contributed by atoms with van der Waals surface area (Å²) in [4.78, 5) is 11.4. The summed E-state index contributed by atoms with van der Waals surface area (Å²) in [7, 11) is -2.19. The molecule has 2 N–H and O–H groups in total. The maximum atomic E-state index is 12.9. The Labute approximate surface area is 137 Å². The molecule has 0 aromatic heterocycles. The minimum absolute atomic E-state index is 0.184. The van der Waals surface area contributed by atoms with Crippen molar-refractivity contribution in [2.24, 2.45) is 11.7 Å². The van der Waals surface area contributed by atoms with Crippen LogP contribution in [0.2, 0.25) is 0 Å². The molecule has 0 spiro atoms. The lowest BCUT2D eigenvalue weighted by Crippen LogP contribution is -2.41. The fraction of sp³-hybridized carbons (Fsp3) is 0.562. The predicted octanol–water partition coefficient (Wildman–Crippen LogP) is 1.70. The fourth-order valence-corrected chi connectivity index (χ4v) is 4.43. The van der Waals surface area contributed by atoms with E-state index in [1.54, 1.807) is 12.1 Å². The van der Waals surface area contributed by atoms with Gasteiger partial charge in [0.25, 0.3) is 0 Å². The normalized spacial score (nSPS) is 17.4. The smallest absolute Gasteiger partial charge is 0.246 e. The number of nitrogens with two attached hydrogens (primary N) is 1. The van der Waals surface area contributed by atoms with Crippen molar-refractivity contribution < 1.29 is 17.9 Å². The van der Waals surface area contributed by atoms with Crippen LogP contribution in [0, 0.1) is 5.92 Å². The number of hydrogen-bond donors (Lipinski definition) is 1. The Morgan fingerprint density at radius 3 is 2.39 bits per heavy atom. The Hall–Kier alpha value is -1.60. The topological polar surface area (TPSA) is 89.7 Å². The summed E-state index contributed by atoms with van der Waals surface area (Å²) in [5.41, 5.74) is 6.25. The fourth-order valence-electron chi connectivity index (χ4n) is 2.77. The van der Waals surface area contributed by atoms with Gasteiger partial charge in [0.2, 0.25) is 15.9 Å². The molecular weight excluding hydrogens is 316 g/mol. The molecular formula is C16H24N2O4S. The van der Waals surface area contributed by atoms with Crippen molar-refractivity contribution in [3.63, 3.8) is 0 Å². The van der Waals surface area contributed by atoms with E-state index in [1.807, 2.05) is 19.9 Å². The zero-order valence-corrected chi connectivity index (χ0v) is 14.6. The van der Waals surface area contributed by atoms with Gasteiger partial charge in [0, 0.05) is 19.0 Å². The number of piperidine rings is 1. The highest BCUT2D eigenvalue weighted by Crippen LogP contribution is 2.32. The number of sulfonamides is 1. The van der Waals surface area contributed by atoms with E-state index < -0.39 is 10.0 Å². The van der Waals surface area contributed by atoms with Crippen molar-refractivity contribution in [1.29, 1.82) is 0 Å². The lowest BCUT2D eigenvalue weighted by atomic mass is 9.98.